The van der Waals surface area contributed by atoms with Crippen LogP contribution in [0.2, 0.25) is 0 Å². The topological polar surface area (TPSA) is 33.9 Å². The van der Waals surface area contributed by atoms with Crippen molar-refractivity contribution < 1.29 is 40.0 Å². The molecule has 2 aliphatic heterocycles. The molecule has 1 aliphatic carbocycles. The van der Waals surface area contributed by atoms with Crippen molar-refractivity contribution in [2.24, 2.45) is 0 Å². The van der Waals surface area contributed by atoms with Gasteiger partial charge in [-0.05, 0) is 32.4 Å². The SMILES string of the molecule is COCCCN1/C(=C/C=C2\CCC(/C=C/C3=[N+](CCCOC)c4ccc(C)cc4C3(C)C)=C2Oc2ccc([I-]c3ccccc3)cc2)C(C)(C)c2cc(C)ccc21. The van der Waals surface area contributed by atoms with Crippen molar-refractivity contribution in [1.29, 1.82) is 0 Å². The van der Waals surface area contributed by atoms with E-state index < -0.39 is 0 Å². The number of nitrogens with zero attached hydrogens (tertiary/aromatic N) is 2. The van der Waals surface area contributed by atoms with E-state index in [0.717, 1.165) is 63.5 Å². The van der Waals surface area contributed by atoms with Gasteiger partial charge >= 0.3 is 242 Å². The molecule has 0 saturated carbocycles. The predicted molar refractivity (Wildman–Crippen MR) is 231 cm³/mol. The summed E-state index contributed by atoms with van der Waals surface area (Å²) in [5.41, 5.74) is 12.8. The molecule has 57 heavy (non-hydrogen) atoms. The number of hydrogen-bond acceptors (Lipinski definition) is 4. The Morgan fingerprint density at radius 3 is 2.14 bits per heavy atom. The van der Waals surface area contributed by atoms with Crippen LogP contribution in [0.3, 0.4) is 0 Å². The molecule has 0 aromatic heterocycles. The van der Waals surface area contributed by atoms with Gasteiger partial charge in [-0.25, -0.2) is 0 Å². The van der Waals surface area contributed by atoms with E-state index in [2.05, 4.69) is 166 Å². The van der Waals surface area contributed by atoms with E-state index in [-0.39, 0.29) is 32.0 Å². The van der Waals surface area contributed by atoms with Crippen LogP contribution in [0.1, 0.15) is 75.6 Å². The minimum atomic E-state index is -0.252. The molecular weight excluding hydrogens is 815 g/mol. The summed E-state index contributed by atoms with van der Waals surface area (Å²) < 4.78 is 23.3. The molecule has 4 aromatic rings. The first-order chi connectivity index (χ1) is 27.5. The van der Waals surface area contributed by atoms with Crippen LogP contribution in [0.25, 0.3) is 0 Å². The molecule has 5 nitrogen and oxygen atoms in total. The molecule has 0 atom stereocenters. The Balaban J connectivity index is 1.27. The quantitative estimate of drug-likeness (QED) is 0.0687. The Labute approximate surface area is 351 Å². The average molecular weight is 875 g/mol. The molecule has 7 rings (SSSR count). The molecule has 3 aliphatic rings. The number of ether oxygens (including phenoxy) is 3. The maximum absolute atomic E-state index is 6.98. The number of aryl methyl sites for hydroxylation is 2. The molecule has 0 spiro atoms. The fraction of sp³-hybridized carbons (Fsp3) is 0.353. The number of anilines is 1. The summed E-state index contributed by atoms with van der Waals surface area (Å²) in [6.45, 7) is 17.1. The van der Waals surface area contributed by atoms with Gasteiger partial charge in [0.15, 0.2) is 0 Å². The third-order valence-corrected chi connectivity index (χ3v) is 14.4. The molecular formula is C51H59IN2O3. The monoisotopic (exact) mass is 874 g/mol. The summed E-state index contributed by atoms with van der Waals surface area (Å²) in [4.78, 5) is 2.51. The summed E-state index contributed by atoms with van der Waals surface area (Å²) in [5.74, 6) is 1.85. The zero-order chi connectivity index (χ0) is 40.2. The van der Waals surface area contributed by atoms with Gasteiger partial charge in [0, 0.05) is 33.3 Å². The molecule has 0 fully saturated rings. The van der Waals surface area contributed by atoms with Crippen molar-refractivity contribution in [3.05, 3.63) is 167 Å². The van der Waals surface area contributed by atoms with Crippen LogP contribution in [0, 0.1) is 21.0 Å². The van der Waals surface area contributed by atoms with Crippen LogP contribution in [-0.4, -0.2) is 50.8 Å². The fourth-order valence-electron chi connectivity index (χ4n) is 8.59. The summed E-state index contributed by atoms with van der Waals surface area (Å²) in [6.07, 6.45) is 13.2. The Morgan fingerprint density at radius 1 is 0.719 bits per heavy atom. The van der Waals surface area contributed by atoms with Crippen molar-refractivity contribution in [2.75, 3.05) is 45.4 Å². The predicted octanol–water partition coefficient (Wildman–Crippen LogP) is 8.17. The molecule has 0 amide bonds. The van der Waals surface area contributed by atoms with Crippen LogP contribution in [0.5, 0.6) is 5.75 Å². The van der Waals surface area contributed by atoms with Gasteiger partial charge in [0.05, 0.1) is 6.61 Å². The number of hydrogen-bond donors (Lipinski definition) is 0. The molecule has 0 unspecified atom stereocenters. The Hall–Kier alpha value is -4.24. The van der Waals surface area contributed by atoms with E-state index in [0.29, 0.717) is 0 Å². The number of halogens is 1. The molecule has 0 radical (unpaired) electrons. The molecule has 0 saturated heterocycles. The second kappa shape index (κ2) is 17.7. The van der Waals surface area contributed by atoms with E-state index >= 15 is 0 Å². The normalized spacial score (nSPS) is 18.5. The average Bonchev–Trinajstić information content (AvgIpc) is 3.74. The first-order valence-corrected chi connectivity index (χ1v) is 22.6. The van der Waals surface area contributed by atoms with Crippen LogP contribution in [-0.2, 0) is 20.3 Å². The smallest absolute Gasteiger partial charge is 0.0572 e. The van der Waals surface area contributed by atoms with Crippen molar-refractivity contribution in [2.45, 2.75) is 78.1 Å². The van der Waals surface area contributed by atoms with E-state index in [9.17, 15) is 0 Å². The van der Waals surface area contributed by atoms with Crippen LogP contribution >= 0.6 is 0 Å². The van der Waals surface area contributed by atoms with Crippen LogP contribution in [0.15, 0.2) is 138 Å². The fourth-order valence-corrected chi connectivity index (χ4v) is 10.8. The standard InChI is InChI=1S/C51H59IN2O3/c1-36-16-26-45-43(34-36)50(3,4)47(53(45)30-12-32-55-7)28-20-38-18-19-39(49(38)57-42-24-22-41(23-25-42)52-40-14-10-9-11-15-40)21-29-48-51(5,6)44-35-37(2)17-27-46(44)54(48)31-13-33-56-8/h9-11,14-17,20-29,34-35H,12-13,18-19,30-33H2,1-8H3. The van der Waals surface area contributed by atoms with Gasteiger partial charge in [-0.2, -0.15) is 0 Å². The molecule has 4 aromatic carbocycles. The number of fused-ring (bicyclic) bond motifs is 2. The Bertz CT molecular complexity index is 2240. The van der Waals surface area contributed by atoms with E-state index in [1.807, 2.05) is 0 Å². The second-order valence-corrected chi connectivity index (χ2v) is 19.6. The zero-order valence-corrected chi connectivity index (χ0v) is 37.3. The second-order valence-electron chi connectivity index (χ2n) is 16.5. The van der Waals surface area contributed by atoms with Crippen molar-refractivity contribution >= 4 is 17.1 Å². The van der Waals surface area contributed by atoms with E-state index in [4.69, 9.17) is 14.2 Å². The number of allylic oxidation sites excluding steroid dienone is 7. The third kappa shape index (κ3) is 8.79. The van der Waals surface area contributed by atoms with Gasteiger partial charge in [-0.1, -0.05) is 29.3 Å². The maximum atomic E-state index is 6.98. The minimum Gasteiger partial charge on any atom is -0.0572 e. The first kappa shape index (κ1) is 40.9. The van der Waals surface area contributed by atoms with Crippen molar-refractivity contribution in [3.8, 4) is 5.75 Å². The molecule has 6 heteroatoms. The number of rotatable bonds is 15. The summed E-state index contributed by atoms with van der Waals surface area (Å²) in [5, 5.41) is 0. The molecule has 2 heterocycles. The van der Waals surface area contributed by atoms with Gasteiger partial charge in [0.25, 0.3) is 0 Å². The van der Waals surface area contributed by atoms with Crippen LogP contribution < -0.4 is 30.8 Å². The van der Waals surface area contributed by atoms with Gasteiger partial charge in [0.1, 0.15) is 0 Å². The molecule has 0 N–H and O–H groups in total. The minimum absolute atomic E-state index is 0.139. The Kier molecular flexibility index (Phi) is 12.7. The summed E-state index contributed by atoms with van der Waals surface area (Å²) >= 11 is -0.252. The molecule has 298 valence electrons. The van der Waals surface area contributed by atoms with Gasteiger partial charge in [-0.15, -0.1) is 0 Å². The van der Waals surface area contributed by atoms with E-state index in [1.54, 1.807) is 14.2 Å². The Morgan fingerprint density at radius 2 is 1.40 bits per heavy atom. The number of methoxy groups -OCH3 is 2. The first-order valence-electron chi connectivity index (χ1n) is 20.4. The van der Waals surface area contributed by atoms with Crippen molar-refractivity contribution in [3.63, 3.8) is 0 Å². The summed E-state index contributed by atoms with van der Waals surface area (Å²) in [6, 6.07) is 33.4. The number of benzene rings is 4. The van der Waals surface area contributed by atoms with Crippen molar-refractivity contribution in [1.82, 2.24) is 0 Å². The van der Waals surface area contributed by atoms with Gasteiger partial charge < -0.3 is 9.47 Å². The summed E-state index contributed by atoms with van der Waals surface area (Å²) in [7, 11) is 3.57. The van der Waals surface area contributed by atoms with Gasteiger partial charge in [-0.3, -0.25) is 0 Å². The third-order valence-electron chi connectivity index (χ3n) is 11.7. The van der Waals surface area contributed by atoms with Crippen LogP contribution in [0.4, 0.5) is 11.4 Å². The van der Waals surface area contributed by atoms with Gasteiger partial charge in [0.2, 0.25) is 0 Å². The van der Waals surface area contributed by atoms with E-state index in [1.165, 1.54) is 63.3 Å². The zero-order valence-electron chi connectivity index (χ0n) is 35.1. The molecule has 0 bridgehead atoms.